The molecule has 1 N–H and O–H groups in total. The number of hydrogen-bond acceptors (Lipinski definition) is 4. The summed E-state index contributed by atoms with van der Waals surface area (Å²) in [4.78, 5) is 12.7. The van der Waals surface area contributed by atoms with Crippen LogP contribution in [0.5, 0.6) is 11.5 Å². The maximum atomic E-state index is 13.5. The lowest BCUT2D eigenvalue weighted by molar-refractivity contribution is -0.139. The summed E-state index contributed by atoms with van der Waals surface area (Å²) in [5.74, 6) is 6.08. The van der Waals surface area contributed by atoms with Crippen LogP contribution in [0.15, 0.2) is 72.8 Å². The predicted octanol–water partition coefficient (Wildman–Crippen LogP) is 5.02. The molecule has 3 aromatic carbocycles. The number of nitrogens with zero attached hydrogens (tertiary/aromatic N) is 1. The van der Waals surface area contributed by atoms with Gasteiger partial charge in [-0.1, -0.05) is 36.1 Å². The van der Waals surface area contributed by atoms with Gasteiger partial charge in [0.1, 0.15) is 23.9 Å². The second-order valence-electron chi connectivity index (χ2n) is 8.16. The third-order valence-corrected chi connectivity index (χ3v) is 5.01. The highest BCUT2D eigenvalue weighted by molar-refractivity contribution is 5.80. The molecule has 6 heteroatoms. The van der Waals surface area contributed by atoms with E-state index >= 15 is 0 Å². The molecule has 0 aliphatic heterocycles. The van der Waals surface area contributed by atoms with E-state index in [2.05, 4.69) is 11.8 Å². The molecule has 0 aliphatic rings. The van der Waals surface area contributed by atoms with Crippen LogP contribution in [-0.4, -0.2) is 49.8 Å². The van der Waals surface area contributed by atoms with Crippen molar-refractivity contribution in [3.05, 3.63) is 101 Å². The van der Waals surface area contributed by atoms with Crippen molar-refractivity contribution < 1.29 is 23.8 Å². The molecule has 0 aliphatic carbocycles. The Kier molecular flexibility index (Phi) is 9.05. The number of benzene rings is 3. The maximum absolute atomic E-state index is 13.5. The first-order valence-electron chi connectivity index (χ1n) is 11.1. The number of hydrogen-bond donors (Lipinski definition) is 1. The van der Waals surface area contributed by atoms with E-state index in [1.807, 2.05) is 56.3 Å². The highest BCUT2D eigenvalue weighted by Gasteiger charge is 2.08. The Bertz CT molecular complexity index is 1240. The molecular weight excluding hydrogens is 445 g/mol. The van der Waals surface area contributed by atoms with Crippen molar-refractivity contribution in [2.45, 2.75) is 6.92 Å². The van der Waals surface area contributed by atoms with Crippen molar-refractivity contribution in [3.63, 3.8) is 0 Å². The van der Waals surface area contributed by atoms with Gasteiger partial charge in [-0.3, -0.25) is 4.90 Å². The molecule has 180 valence electrons. The molecule has 0 bridgehead atoms. The molecule has 35 heavy (non-hydrogen) atoms. The van der Waals surface area contributed by atoms with Crippen LogP contribution in [0.25, 0.3) is 5.57 Å². The Labute approximate surface area is 205 Å². The van der Waals surface area contributed by atoms with Crippen LogP contribution in [-0.2, 0) is 4.79 Å². The highest BCUT2D eigenvalue weighted by atomic mass is 19.1. The fourth-order valence-electron chi connectivity index (χ4n) is 3.30. The van der Waals surface area contributed by atoms with Crippen LogP contribution in [0.3, 0.4) is 0 Å². The van der Waals surface area contributed by atoms with Crippen molar-refractivity contribution in [3.8, 4) is 23.3 Å². The van der Waals surface area contributed by atoms with Crippen molar-refractivity contribution in [1.82, 2.24) is 4.90 Å². The summed E-state index contributed by atoms with van der Waals surface area (Å²) in [7, 11) is 3.95. The highest BCUT2D eigenvalue weighted by Crippen LogP contribution is 2.26. The van der Waals surface area contributed by atoms with Crippen molar-refractivity contribution in [1.29, 1.82) is 0 Å². The lowest BCUT2D eigenvalue weighted by atomic mass is 9.96. The summed E-state index contributed by atoms with van der Waals surface area (Å²) in [5.41, 5.74) is 4.45. The molecule has 0 atom stereocenters. The quantitative estimate of drug-likeness (QED) is 0.442. The average molecular weight is 474 g/mol. The van der Waals surface area contributed by atoms with Gasteiger partial charge in [-0.2, -0.15) is 0 Å². The predicted molar refractivity (Wildman–Crippen MR) is 135 cm³/mol. The number of rotatable bonds is 9. The normalized spacial score (nSPS) is 11.1. The van der Waals surface area contributed by atoms with Crippen LogP contribution in [0.1, 0.15) is 22.3 Å². The first kappa shape index (κ1) is 25.5. The molecule has 0 saturated heterocycles. The van der Waals surface area contributed by atoms with Gasteiger partial charge in [0.2, 0.25) is 0 Å². The SMILES string of the molecule is Cc1cc(OC/C=C(/c2ccc(F)cc2)c2ccc(C#CCN(C)C)cc2)ccc1OCC(=O)O. The number of aliphatic carboxylic acids is 1. The molecule has 0 heterocycles. The fourth-order valence-corrected chi connectivity index (χ4v) is 3.30. The van der Waals surface area contributed by atoms with Gasteiger partial charge in [-0.15, -0.1) is 0 Å². The Morgan fingerprint density at radius 1 is 1.00 bits per heavy atom. The fraction of sp³-hybridized carbons (Fsp3) is 0.207. The second kappa shape index (κ2) is 12.4. The van der Waals surface area contributed by atoms with Gasteiger partial charge in [-0.25, -0.2) is 9.18 Å². The Hall–Kier alpha value is -4.08. The Morgan fingerprint density at radius 2 is 1.66 bits per heavy atom. The third kappa shape index (κ3) is 8.02. The van der Waals surface area contributed by atoms with Crippen molar-refractivity contribution >= 4 is 11.5 Å². The van der Waals surface area contributed by atoms with E-state index in [1.165, 1.54) is 12.1 Å². The van der Waals surface area contributed by atoms with Gasteiger partial charge in [-0.05, 0) is 91.8 Å². The first-order chi connectivity index (χ1) is 16.8. The number of ether oxygens (including phenoxy) is 2. The number of halogens is 1. The number of carboxylic acid groups (broad SMARTS) is 1. The van der Waals surface area contributed by atoms with E-state index in [0.717, 1.165) is 27.8 Å². The number of aryl methyl sites for hydroxylation is 1. The lowest BCUT2D eigenvalue weighted by Gasteiger charge is -2.12. The smallest absolute Gasteiger partial charge is 0.341 e. The molecular formula is C29H28FNO4. The van der Waals surface area contributed by atoms with Crippen LogP contribution in [0, 0.1) is 24.6 Å². The Morgan fingerprint density at radius 3 is 2.26 bits per heavy atom. The monoisotopic (exact) mass is 473 g/mol. The summed E-state index contributed by atoms with van der Waals surface area (Å²) in [5, 5.41) is 8.78. The zero-order valence-corrected chi connectivity index (χ0v) is 20.0. The molecule has 0 amide bonds. The van der Waals surface area contributed by atoms with E-state index < -0.39 is 12.6 Å². The number of carboxylic acids is 1. The van der Waals surface area contributed by atoms with E-state index in [4.69, 9.17) is 14.6 Å². The molecule has 0 fully saturated rings. The average Bonchev–Trinajstić information content (AvgIpc) is 2.82. The third-order valence-electron chi connectivity index (χ3n) is 5.01. The minimum atomic E-state index is -1.03. The molecule has 0 saturated carbocycles. The topological polar surface area (TPSA) is 59.0 Å². The van der Waals surface area contributed by atoms with Crippen LogP contribution < -0.4 is 9.47 Å². The van der Waals surface area contributed by atoms with Gasteiger partial charge in [0.15, 0.2) is 6.61 Å². The van der Waals surface area contributed by atoms with E-state index in [-0.39, 0.29) is 12.4 Å². The van der Waals surface area contributed by atoms with Gasteiger partial charge in [0, 0.05) is 5.56 Å². The summed E-state index contributed by atoms with van der Waals surface area (Å²) in [6.07, 6.45) is 1.95. The van der Waals surface area contributed by atoms with Gasteiger partial charge < -0.3 is 14.6 Å². The van der Waals surface area contributed by atoms with Gasteiger partial charge in [0.05, 0.1) is 6.54 Å². The summed E-state index contributed by atoms with van der Waals surface area (Å²) >= 11 is 0. The first-order valence-corrected chi connectivity index (χ1v) is 11.1. The molecule has 0 aromatic heterocycles. The summed E-state index contributed by atoms with van der Waals surface area (Å²) in [6.45, 7) is 2.40. The minimum absolute atomic E-state index is 0.284. The van der Waals surface area contributed by atoms with E-state index in [9.17, 15) is 9.18 Å². The van der Waals surface area contributed by atoms with E-state index in [1.54, 1.807) is 30.3 Å². The van der Waals surface area contributed by atoms with Crippen molar-refractivity contribution in [2.24, 2.45) is 0 Å². The second-order valence-corrected chi connectivity index (χ2v) is 8.16. The molecule has 0 radical (unpaired) electrons. The molecule has 0 unspecified atom stereocenters. The van der Waals surface area contributed by atoms with Gasteiger partial charge >= 0.3 is 5.97 Å². The zero-order chi connectivity index (χ0) is 25.2. The van der Waals surface area contributed by atoms with Crippen LogP contribution in [0.4, 0.5) is 4.39 Å². The minimum Gasteiger partial charge on any atom is -0.489 e. The largest absolute Gasteiger partial charge is 0.489 e. The van der Waals surface area contributed by atoms with Crippen LogP contribution in [0.2, 0.25) is 0 Å². The van der Waals surface area contributed by atoms with E-state index in [0.29, 0.717) is 18.0 Å². The zero-order valence-electron chi connectivity index (χ0n) is 20.0. The summed E-state index contributed by atoms with van der Waals surface area (Å²) < 4.78 is 24.7. The Balaban J connectivity index is 1.78. The maximum Gasteiger partial charge on any atom is 0.341 e. The summed E-state index contributed by atoms with van der Waals surface area (Å²) in [6, 6.07) is 19.5. The number of carbonyl (C=O) groups is 1. The molecule has 0 spiro atoms. The lowest BCUT2D eigenvalue weighted by Crippen LogP contribution is -2.10. The molecule has 3 rings (SSSR count). The van der Waals surface area contributed by atoms with Gasteiger partial charge in [0.25, 0.3) is 0 Å². The van der Waals surface area contributed by atoms with Crippen LogP contribution >= 0.6 is 0 Å². The standard InChI is InChI=1S/C29H28FNO4/c1-21-19-26(14-15-28(21)35-20-29(32)33)34-18-16-27(24-10-12-25(30)13-11-24)23-8-6-22(7-9-23)5-4-17-31(2)3/h6-16,19H,17-18,20H2,1-3H3,(H,32,33)/b27-16+. The molecule has 5 nitrogen and oxygen atoms in total. The molecule has 3 aromatic rings. The van der Waals surface area contributed by atoms with Crippen molar-refractivity contribution in [2.75, 3.05) is 33.9 Å².